The summed E-state index contributed by atoms with van der Waals surface area (Å²) in [5.74, 6) is 0. The van der Waals surface area contributed by atoms with Gasteiger partial charge in [0.1, 0.15) is 4.99 Å². The molecule has 0 radical (unpaired) electrons. The second-order valence-corrected chi connectivity index (χ2v) is 5.86. The van der Waals surface area contributed by atoms with Crippen LogP contribution in [-0.2, 0) is 6.54 Å². The number of thiocarbonyl (C=S) groups is 1. The van der Waals surface area contributed by atoms with Gasteiger partial charge in [-0.1, -0.05) is 23.8 Å². The van der Waals surface area contributed by atoms with Gasteiger partial charge < -0.3 is 11.1 Å². The van der Waals surface area contributed by atoms with Gasteiger partial charge in [0, 0.05) is 35.1 Å². The Morgan fingerprint density at radius 1 is 1.38 bits per heavy atom. The number of hydrogen-bond acceptors (Lipinski definition) is 3. The van der Waals surface area contributed by atoms with E-state index in [4.69, 9.17) is 29.6 Å². The van der Waals surface area contributed by atoms with Gasteiger partial charge in [-0.2, -0.15) is 5.10 Å². The third kappa shape index (κ3) is 4.19. The fourth-order valence-corrected chi connectivity index (χ4v) is 2.57. The molecule has 0 amide bonds. The van der Waals surface area contributed by atoms with Crippen molar-refractivity contribution in [1.82, 2.24) is 9.78 Å². The van der Waals surface area contributed by atoms with Crippen LogP contribution >= 0.6 is 23.8 Å². The van der Waals surface area contributed by atoms with E-state index in [1.165, 1.54) is 5.69 Å². The molecule has 1 aromatic carbocycles. The zero-order valence-electron chi connectivity index (χ0n) is 12.2. The Balaban J connectivity index is 1.92. The van der Waals surface area contributed by atoms with Crippen molar-refractivity contribution in [3.05, 3.63) is 46.2 Å². The van der Waals surface area contributed by atoms with Crippen LogP contribution in [0.5, 0.6) is 0 Å². The van der Waals surface area contributed by atoms with E-state index in [1.807, 2.05) is 23.7 Å². The summed E-state index contributed by atoms with van der Waals surface area (Å²) < 4.78 is 2.02. The molecule has 3 N–H and O–H groups in total. The van der Waals surface area contributed by atoms with Crippen molar-refractivity contribution in [3.63, 3.8) is 0 Å². The van der Waals surface area contributed by atoms with E-state index in [1.54, 1.807) is 6.07 Å². The minimum Gasteiger partial charge on any atom is -0.389 e. The highest BCUT2D eigenvalue weighted by molar-refractivity contribution is 7.80. The van der Waals surface area contributed by atoms with Gasteiger partial charge in [0.25, 0.3) is 0 Å². The van der Waals surface area contributed by atoms with Crippen LogP contribution in [0, 0.1) is 13.8 Å². The zero-order chi connectivity index (χ0) is 15.4. The second-order valence-electron chi connectivity index (χ2n) is 4.98. The Kier molecular flexibility index (Phi) is 5.20. The van der Waals surface area contributed by atoms with E-state index < -0.39 is 0 Å². The number of benzene rings is 1. The Morgan fingerprint density at radius 2 is 2.14 bits per heavy atom. The fourth-order valence-electron chi connectivity index (χ4n) is 2.23. The molecule has 1 heterocycles. The summed E-state index contributed by atoms with van der Waals surface area (Å²) in [5.41, 5.74) is 9.65. The lowest BCUT2D eigenvalue weighted by molar-refractivity contribution is 0.574. The van der Waals surface area contributed by atoms with Gasteiger partial charge in [-0.25, -0.2) is 0 Å². The Labute approximate surface area is 135 Å². The number of anilines is 1. The molecule has 6 heteroatoms. The molecule has 0 aliphatic heterocycles. The SMILES string of the molecule is Cc1cc(C)n(CCCNc2ccc(Cl)cc2C(N)=S)n1. The number of nitrogens with two attached hydrogens (primary N) is 1. The van der Waals surface area contributed by atoms with Gasteiger partial charge in [0.2, 0.25) is 0 Å². The van der Waals surface area contributed by atoms with Gasteiger partial charge in [-0.3, -0.25) is 4.68 Å². The largest absolute Gasteiger partial charge is 0.389 e. The van der Waals surface area contributed by atoms with Crippen molar-refractivity contribution >= 4 is 34.5 Å². The minimum absolute atomic E-state index is 0.346. The molecule has 4 nitrogen and oxygen atoms in total. The third-order valence-electron chi connectivity index (χ3n) is 3.21. The van der Waals surface area contributed by atoms with Gasteiger partial charge >= 0.3 is 0 Å². The summed E-state index contributed by atoms with van der Waals surface area (Å²) in [6.45, 7) is 5.76. The summed E-state index contributed by atoms with van der Waals surface area (Å²) in [5, 5.41) is 8.42. The third-order valence-corrected chi connectivity index (χ3v) is 3.67. The molecule has 2 aromatic rings. The first kappa shape index (κ1) is 15.8. The van der Waals surface area contributed by atoms with Crippen molar-refractivity contribution in [3.8, 4) is 0 Å². The Hall–Kier alpha value is -1.59. The normalized spacial score (nSPS) is 10.6. The second kappa shape index (κ2) is 6.91. The summed E-state index contributed by atoms with van der Waals surface area (Å²) in [6.07, 6.45) is 0.960. The number of aryl methyl sites for hydroxylation is 3. The van der Waals surface area contributed by atoms with Crippen LogP contribution in [0.4, 0.5) is 5.69 Å². The van der Waals surface area contributed by atoms with Crippen molar-refractivity contribution in [2.75, 3.05) is 11.9 Å². The topological polar surface area (TPSA) is 55.9 Å². The predicted octanol–water partition coefficient (Wildman–Crippen LogP) is 3.29. The Morgan fingerprint density at radius 3 is 2.76 bits per heavy atom. The molecule has 0 atom stereocenters. The highest BCUT2D eigenvalue weighted by atomic mass is 35.5. The van der Waals surface area contributed by atoms with Crippen LogP contribution in [0.2, 0.25) is 5.02 Å². The summed E-state index contributed by atoms with van der Waals surface area (Å²) >= 11 is 11.0. The van der Waals surface area contributed by atoms with E-state index in [2.05, 4.69) is 23.4 Å². The van der Waals surface area contributed by atoms with Crippen molar-refractivity contribution in [1.29, 1.82) is 0 Å². The zero-order valence-corrected chi connectivity index (χ0v) is 13.8. The number of halogens is 1. The standard InChI is InChI=1S/C15H19ClN4S/c1-10-8-11(2)20(19-10)7-3-6-18-14-5-4-12(16)9-13(14)15(17)21/h4-5,8-9,18H,3,6-7H2,1-2H3,(H2,17,21). The average molecular weight is 323 g/mol. The highest BCUT2D eigenvalue weighted by Crippen LogP contribution is 2.20. The molecule has 0 spiro atoms. The minimum atomic E-state index is 0.346. The molecule has 112 valence electrons. The molecule has 0 unspecified atom stereocenters. The number of hydrogen-bond donors (Lipinski definition) is 2. The molecule has 0 saturated carbocycles. The average Bonchev–Trinajstić information content (AvgIpc) is 2.74. The van der Waals surface area contributed by atoms with E-state index in [-0.39, 0.29) is 0 Å². The number of aromatic nitrogens is 2. The van der Waals surface area contributed by atoms with Gasteiger partial charge in [0.05, 0.1) is 5.69 Å². The molecule has 0 saturated heterocycles. The van der Waals surface area contributed by atoms with Crippen molar-refractivity contribution in [2.45, 2.75) is 26.8 Å². The first-order valence-corrected chi connectivity index (χ1v) is 7.60. The predicted molar refractivity (Wildman–Crippen MR) is 92.1 cm³/mol. The van der Waals surface area contributed by atoms with E-state index in [0.717, 1.165) is 36.5 Å². The monoisotopic (exact) mass is 322 g/mol. The maximum atomic E-state index is 5.97. The van der Waals surface area contributed by atoms with Crippen molar-refractivity contribution < 1.29 is 0 Å². The molecule has 21 heavy (non-hydrogen) atoms. The van der Waals surface area contributed by atoms with E-state index >= 15 is 0 Å². The molecule has 0 fully saturated rings. The first-order chi connectivity index (χ1) is 9.97. The molecule has 0 aliphatic carbocycles. The van der Waals surface area contributed by atoms with Crippen LogP contribution in [-0.4, -0.2) is 21.3 Å². The quantitative estimate of drug-likeness (QED) is 0.633. The number of nitrogens with zero attached hydrogens (tertiary/aromatic N) is 2. The first-order valence-electron chi connectivity index (χ1n) is 6.81. The van der Waals surface area contributed by atoms with E-state index in [0.29, 0.717) is 10.0 Å². The smallest absolute Gasteiger partial charge is 0.106 e. The molecule has 0 bridgehead atoms. The van der Waals surface area contributed by atoms with E-state index in [9.17, 15) is 0 Å². The maximum Gasteiger partial charge on any atom is 0.106 e. The van der Waals surface area contributed by atoms with Crippen molar-refractivity contribution in [2.24, 2.45) is 5.73 Å². The molecule has 2 rings (SSSR count). The van der Waals surface area contributed by atoms with Crippen LogP contribution in [0.3, 0.4) is 0 Å². The van der Waals surface area contributed by atoms with Gasteiger partial charge in [0.15, 0.2) is 0 Å². The molecule has 1 aromatic heterocycles. The Bertz CT molecular complexity index is 651. The maximum absolute atomic E-state index is 5.97. The lowest BCUT2D eigenvalue weighted by Crippen LogP contribution is -2.15. The number of rotatable bonds is 6. The van der Waals surface area contributed by atoms with Crippen LogP contribution in [0.15, 0.2) is 24.3 Å². The van der Waals surface area contributed by atoms with Crippen LogP contribution in [0.25, 0.3) is 0 Å². The van der Waals surface area contributed by atoms with Crippen LogP contribution in [0.1, 0.15) is 23.4 Å². The summed E-state index contributed by atoms with van der Waals surface area (Å²) in [4.78, 5) is 0.346. The molecule has 0 aliphatic rings. The fraction of sp³-hybridized carbons (Fsp3) is 0.333. The summed E-state index contributed by atoms with van der Waals surface area (Å²) in [7, 11) is 0. The lowest BCUT2D eigenvalue weighted by Gasteiger charge is -2.12. The molecular formula is C15H19ClN4S. The molecular weight excluding hydrogens is 304 g/mol. The number of nitrogens with one attached hydrogen (secondary N) is 1. The summed E-state index contributed by atoms with van der Waals surface area (Å²) in [6, 6.07) is 7.59. The van der Waals surface area contributed by atoms with Gasteiger partial charge in [-0.15, -0.1) is 0 Å². The lowest BCUT2D eigenvalue weighted by atomic mass is 10.1. The highest BCUT2D eigenvalue weighted by Gasteiger charge is 2.06. The van der Waals surface area contributed by atoms with Gasteiger partial charge in [-0.05, 0) is 44.5 Å². The van der Waals surface area contributed by atoms with Crippen LogP contribution < -0.4 is 11.1 Å².